The number of aromatic nitrogens is 3. The molecule has 0 unspecified atom stereocenters. The van der Waals surface area contributed by atoms with Crippen molar-refractivity contribution in [1.82, 2.24) is 14.8 Å². The Labute approximate surface area is 101 Å². The Morgan fingerprint density at radius 3 is 2.71 bits per heavy atom. The number of hydrogen-bond acceptors (Lipinski definition) is 2. The third-order valence-electron chi connectivity index (χ3n) is 3.36. The topological polar surface area (TPSA) is 30.7 Å². The largest absolute Gasteiger partial charge is 0.242 e. The summed E-state index contributed by atoms with van der Waals surface area (Å²) in [4.78, 5) is 4.62. The minimum atomic E-state index is 0.381. The third-order valence-corrected chi connectivity index (χ3v) is 3.36. The van der Waals surface area contributed by atoms with Gasteiger partial charge in [0.1, 0.15) is 5.82 Å². The van der Waals surface area contributed by atoms with Crippen LogP contribution in [0.2, 0.25) is 0 Å². The molecule has 1 aromatic heterocycles. The molecule has 1 aromatic carbocycles. The van der Waals surface area contributed by atoms with Gasteiger partial charge in [-0.15, -0.1) is 0 Å². The molecule has 0 radical (unpaired) electrons. The number of rotatable bonds is 2. The maximum Gasteiger partial charge on any atom is 0.153 e. The molecule has 0 saturated heterocycles. The van der Waals surface area contributed by atoms with Crippen molar-refractivity contribution in [2.75, 3.05) is 0 Å². The molecule has 0 fully saturated rings. The SMILES string of the molecule is CC(C)c1nc2n(n1)[C@H](c1ccccc1)CC2. The first kappa shape index (κ1) is 10.5. The molecule has 0 amide bonds. The van der Waals surface area contributed by atoms with Crippen LogP contribution in [0.5, 0.6) is 0 Å². The molecule has 0 aliphatic carbocycles. The predicted molar refractivity (Wildman–Crippen MR) is 67.0 cm³/mol. The van der Waals surface area contributed by atoms with Crippen LogP contribution in [0.4, 0.5) is 0 Å². The van der Waals surface area contributed by atoms with Gasteiger partial charge in [0, 0.05) is 12.3 Å². The van der Waals surface area contributed by atoms with E-state index in [1.54, 1.807) is 0 Å². The molecule has 0 N–H and O–H groups in total. The highest BCUT2D eigenvalue weighted by Gasteiger charge is 2.27. The second-order valence-corrected chi connectivity index (χ2v) is 4.95. The summed E-state index contributed by atoms with van der Waals surface area (Å²) in [6.45, 7) is 4.28. The molecule has 88 valence electrons. The first-order chi connectivity index (χ1) is 8.25. The fourth-order valence-electron chi connectivity index (χ4n) is 2.41. The van der Waals surface area contributed by atoms with Gasteiger partial charge < -0.3 is 0 Å². The van der Waals surface area contributed by atoms with E-state index < -0.39 is 0 Å². The summed E-state index contributed by atoms with van der Waals surface area (Å²) in [7, 11) is 0. The second-order valence-electron chi connectivity index (χ2n) is 4.95. The predicted octanol–water partition coefficient (Wildman–Crippen LogP) is 2.94. The molecule has 1 atom stereocenters. The van der Waals surface area contributed by atoms with Crippen molar-refractivity contribution in [3.8, 4) is 0 Å². The summed E-state index contributed by atoms with van der Waals surface area (Å²) in [5.41, 5.74) is 1.34. The van der Waals surface area contributed by atoms with Crippen LogP contribution in [0.25, 0.3) is 0 Å². The molecule has 1 aliphatic heterocycles. The zero-order valence-corrected chi connectivity index (χ0v) is 10.3. The summed E-state index contributed by atoms with van der Waals surface area (Å²) in [5, 5.41) is 4.65. The monoisotopic (exact) mass is 227 g/mol. The van der Waals surface area contributed by atoms with E-state index in [0.717, 1.165) is 24.5 Å². The zero-order chi connectivity index (χ0) is 11.8. The van der Waals surface area contributed by atoms with Crippen LogP contribution < -0.4 is 0 Å². The molecule has 3 heteroatoms. The summed E-state index contributed by atoms with van der Waals surface area (Å²) < 4.78 is 2.12. The summed E-state index contributed by atoms with van der Waals surface area (Å²) >= 11 is 0. The third kappa shape index (κ3) is 1.75. The minimum absolute atomic E-state index is 0.381. The van der Waals surface area contributed by atoms with E-state index in [-0.39, 0.29) is 0 Å². The molecule has 0 bridgehead atoms. The van der Waals surface area contributed by atoms with Crippen LogP contribution in [0.1, 0.15) is 49.4 Å². The van der Waals surface area contributed by atoms with Crippen molar-refractivity contribution in [2.24, 2.45) is 0 Å². The van der Waals surface area contributed by atoms with Crippen molar-refractivity contribution in [3.63, 3.8) is 0 Å². The van der Waals surface area contributed by atoms with Gasteiger partial charge in [0.15, 0.2) is 5.82 Å². The summed E-state index contributed by atoms with van der Waals surface area (Å²) in [6.07, 6.45) is 2.16. The first-order valence-corrected chi connectivity index (χ1v) is 6.26. The van der Waals surface area contributed by atoms with Crippen molar-refractivity contribution in [2.45, 2.75) is 38.6 Å². The molecule has 3 nitrogen and oxygen atoms in total. The van der Waals surface area contributed by atoms with Crippen molar-refractivity contribution in [1.29, 1.82) is 0 Å². The Morgan fingerprint density at radius 2 is 2.00 bits per heavy atom. The lowest BCUT2D eigenvalue weighted by Crippen LogP contribution is -2.08. The fourth-order valence-corrected chi connectivity index (χ4v) is 2.41. The van der Waals surface area contributed by atoms with Crippen LogP contribution in [0.3, 0.4) is 0 Å². The second kappa shape index (κ2) is 3.99. The smallest absolute Gasteiger partial charge is 0.153 e. The minimum Gasteiger partial charge on any atom is -0.242 e. The Balaban J connectivity index is 1.98. The normalized spacial score (nSPS) is 18.6. The highest BCUT2D eigenvalue weighted by atomic mass is 15.4. The Bertz CT molecular complexity index is 514. The van der Waals surface area contributed by atoms with Crippen molar-refractivity contribution in [3.05, 3.63) is 47.5 Å². The Hall–Kier alpha value is -1.64. The molecule has 0 spiro atoms. The number of nitrogens with zero attached hydrogens (tertiary/aromatic N) is 3. The number of hydrogen-bond donors (Lipinski definition) is 0. The summed E-state index contributed by atoms with van der Waals surface area (Å²) in [5.74, 6) is 2.52. The van der Waals surface area contributed by atoms with Crippen LogP contribution >= 0.6 is 0 Å². The van der Waals surface area contributed by atoms with Gasteiger partial charge in [0.25, 0.3) is 0 Å². The van der Waals surface area contributed by atoms with E-state index in [4.69, 9.17) is 0 Å². The highest BCUT2D eigenvalue weighted by molar-refractivity contribution is 5.22. The average Bonchev–Trinajstić information content (AvgIpc) is 2.89. The van der Waals surface area contributed by atoms with Crippen LogP contribution in [0.15, 0.2) is 30.3 Å². The van der Waals surface area contributed by atoms with Gasteiger partial charge in [-0.2, -0.15) is 5.10 Å². The van der Waals surface area contributed by atoms with E-state index in [9.17, 15) is 0 Å². The maximum atomic E-state index is 4.65. The van der Waals surface area contributed by atoms with E-state index in [1.165, 1.54) is 5.56 Å². The lowest BCUT2D eigenvalue weighted by Gasteiger charge is -2.11. The Kier molecular flexibility index (Phi) is 2.46. The average molecular weight is 227 g/mol. The first-order valence-electron chi connectivity index (χ1n) is 6.26. The number of benzene rings is 1. The van der Waals surface area contributed by atoms with Gasteiger partial charge >= 0.3 is 0 Å². The van der Waals surface area contributed by atoms with E-state index >= 15 is 0 Å². The van der Waals surface area contributed by atoms with Crippen molar-refractivity contribution < 1.29 is 0 Å². The van der Waals surface area contributed by atoms with Gasteiger partial charge in [-0.1, -0.05) is 44.2 Å². The van der Waals surface area contributed by atoms with Gasteiger partial charge in [-0.25, -0.2) is 9.67 Å². The molecule has 1 aliphatic rings. The lowest BCUT2D eigenvalue weighted by atomic mass is 10.1. The lowest BCUT2D eigenvalue weighted by molar-refractivity contribution is 0.543. The highest BCUT2D eigenvalue weighted by Crippen LogP contribution is 2.30. The van der Waals surface area contributed by atoms with Gasteiger partial charge in [-0.3, -0.25) is 0 Å². The molecule has 2 heterocycles. The maximum absolute atomic E-state index is 4.65. The molecule has 2 aromatic rings. The van der Waals surface area contributed by atoms with E-state index in [2.05, 4.69) is 58.9 Å². The Morgan fingerprint density at radius 1 is 1.24 bits per heavy atom. The summed E-state index contributed by atoms with van der Waals surface area (Å²) in [6, 6.07) is 11.0. The van der Waals surface area contributed by atoms with Crippen molar-refractivity contribution >= 4 is 0 Å². The van der Waals surface area contributed by atoms with E-state index in [0.29, 0.717) is 12.0 Å². The molecular weight excluding hydrogens is 210 g/mol. The standard InChI is InChI=1S/C14H17N3/c1-10(2)14-15-13-9-8-12(17(13)16-14)11-6-4-3-5-7-11/h3-7,10,12H,8-9H2,1-2H3/t12-/m0/s1. The molecule has 17 heavy (non-hydrogen) atoms. The van der Waals surface area contributed by atoms with Gasteiger partial charge in [-0.05, 0) is 12.0 Å². The van der Waals surface area contributed by atoms with Crippen LogP contribution in [-0.4, -0.2) is 14.8 Å². The van der Waals surface area contributed by atoms with Gasteiger partial charge in [0.05, 0.1) is 6.04 Å². The number of aryl methyl sites for hydroxylation is 1. The zero-order valence-electron chi connectivity index (χ0n) is 10.3. The molecule has 0 saturated carbocycles. The van der Waals surface area contributed by atoms with E-state index in [1.807, 2.05) is 0 Å². The molecule has 3 rings (SSSR count). The van der Waals surface area contributed by atoms with Gasteiger partial charge in [0.2, 0.25) is 0 Å². The van der Waals surface area contributed by atoms with Crippen LogP contribution in [-0.2, 0) is 6.42 Å². The number of fused-ring (bicyclic) bond motifs is 1. The van der Waals surface area contributed by atoms with Crippen LogP contribution in [0, 0.1) is 0 Å². The molecular formula is C14H17N3. The quantitative estimate of drug-likeness (QED) is 0.789. The fraction of sp³-hybridized carbons (Fsp3) is 0.429.